The van der Waals surface area contributed by atoms with Crippen LogP contribution in [0.5, 0.6) is 5.88 Å². The first-order valence-electron chi connectivity index (χ1n) is 8.34. The zero-order chi connectivity index (χ0) is 16.9. The number of anilines is 2. The molecule has 128 valence electrons. The maximum atomic E-state index is 5.96. The second-order valence-electron chi connectivity index (χ2n) is 5.83. The van der Waals surface area contributed by atoms with Crippen molar-refractivity contribution in [2.24, 2.45) is 0 Å². The molecule has 1 aliphatic heterocycles. The van der Waals surface area contributed by atoms with Crippen molar-refractivity contribution in [2.75, 3.05) is 18.4 Å². The van der Waals surface area contributed by atoms with E-state index in [1.54, 1.807) is 11.3 Å². The first-order valence-corrected chi connectivity index (χ1v) is 9.16. The van der Waals surface area contributed by atoms with Crippen LogP contribution in [0, 0.1) is 0 Å². The van der Waals surface area contributed by atoms with Crippen LogP contribution in [0.3, 0.4) is 0 Å². The van der Waals surface area contributed by atoms with Crippen LogP contribution in [-0.4, -0.2) is 34.1 Å². The van der Waals surface area contributed by atoms with Crippen molar-refractivity contribution < 1.29 is 4.74 Å². The zero-order valence-electron chi connectivity index (χ0n) is 13.7. The second kappa shape index (κ2) is 7.58. The number of benzene rings is 1. The molecule has 1 aromatic carbocycles. The molecular formula is C18H19N5OS. The summed E-state index contributed by atoms with van der Waals surface area (Å²) in [5, 5.41) is 7.36. The predicted molar refractivity (Wildman–Crippen MR) is 99.4 cm³/mol. The van der Waals surface area contributed by atoms with Gasteiger partial charge in [-0.25, -0.2) is 15.0 Å². The molecule has 0 atom stereocenters. The van der Waals surface area contributed by atoms with Crippen LogP contribution in [0.2, 0.25) is 0 Å². The molecule has 7 heteroatoms. The first-order chi connectivity index (χ1) is 12.4. The maximum Gasteiger partial charge on any atom is 0.218 e. The maximum absolute atomic E-state index is 5.96. The minimum Gasteiger partial charge on any atom is -0.474 e. The van der Waals surface area contributed by atoms with Crippen molar-refractivity contribution in [3.05, 3.63) is 48.9 Å². The smallest absolute Gasteiger partial charge is 0.218 e. The van der Waals surface area contributed by atoms with Crippen LogP contribution in [0.25, 0.3) is 10.4 Å². The van der Waals surface area contributed by atoms with Crippen LogP contribution in [-0.2, 0) is 0 Å². The Bertz CT molecular complexity index is 817. The summed E-state index contributed by atoms with van der Waals surface area (Å²) >= 11 is 1.59. The highest BCUT2D eigenvalue weighted by molar-refractivity contribution is 7.18. The lowest BCUT2D eigenvalue weighted by Crippen LogP contribution is -2.34. The molecule has 0 radical (unpaired) electrons. The third kappa shape index (κ3) is 4.12. The van der Waals surface area contributed by atoms with E-state index in [9.17, 15) is 0 Å². The largest absolute Gasteiger partial charge is 0.474 e. The number of aromatic nitrogens is 3. The van der Waals surface area contributed by atoms with Crippen molar-refractivity contribution in [3.63, 3.8) is 0 Å². The molecule has 0 bridgehead atoms. The van der Waals surface area contributed by atoms with E-state index in [4.69, 9.17) is 4.74 Å². The summed E-state index contributed by atoms with van der Waals surface area (Å²) in [5.74, 6) is 1.29. The number of thiazole rings is 1. The lowest BCUT2D eigenvalue weighted by Gasteiger charge is -2.23. The average molecular weight is 353 g/mol. The van der Waals surface area contributed by atoms with Gasteiger partial charge in [0, 0.05) is 12.3 Å². The predicted octanol–water partition coefficient (Wildman–Crippen LogP) is 3.47. The Morgan fingerprint density at radius 1 is 1.08 bits per heavy atom. The Hall–Kier alpha value is -2.51. The normalized spacial score (nSPS) is 15.0. The van der Waals surface area contributed by atoms with Crippen LogP contribution in [0.4, 0.5) is 10.9 Å². The minimum absolute atomic E-state index is 0.216. The fraction of sp³-hybridized carbons (Fsp3) is 0.278. The van der Waals surface area contributed by atoms with E-state index in [1.165, 1.54) is 6.33 Å². The number of piperidine rings is 1. The molecule has 2 aromatic heterocycles. The highest BCUT2D eigenvalue weighted by Crippen LogP contribution is 2.30. The van der Waals surface area contributed by atoms with Gasteiger partial charge in [0.05, 0.1) is 4.88 Å². The molecular weight excluding hydrogens is 334 g/mol. The molecule has 2 N–H and O–H groups in total. The van der Waals surface area contributed by atoms with Gasteiger partial charge in [-0.3, -0.25) is 0 Å². The summed E-state index contributed by atoms with van der Waals surface area (Å²) in [5.41, 5.74) is 1.16. The summed E-state index contributed by atoms with van der Waals surface area (Å²) in [6.45, 7) is 1.98. The van der Waals surface area contributed by atoms with Crippen LogP contribution < -0.4 is 15.4 Å². The fourth-order valence-corrected chi connectivity index (χ4v) is 3.56. The molecule has 4 rings (SSSR count). The standard InChI is InChI=1S/C18H19N5OS/c1-2-4-13(5-3-1)15-11-20-18(25-15)23-16-10-17(22-12-21-16)24-14-6-8-19-9-7-14/h1-5,10-12,14,19H,6-9H2,(H,20,21,22,23). The molecule has 0 amide bonds. The SMILES string of the molecule is c1ccc(-c2cnc(Nc3cc(OC4CCNCC4)ncn3)s2)cc1. The van der Waals surface area contributed by atoms with E-state index in [1.807, 2.05) is 30.5 Å². The molecule has 1 saturated heterocycles. The number of nitrogens with one attached hydrogen (secondary N) is 2. The van der Waals surface area contributed by atoms with Crippen LogP contribution >= 0.6 is 11.3 Å². The Morgan fingerprint density at radius 3 is 2.76 bits per heavy atom. The monoisotopic (exact) mass is 353 g/mol. The lowest BCUT2D eigenvalue weighted by atomic mass is 10.1. The number of rotatable bonds is 5. The Morgan fingerprint density at radius 2 is 1.92 bits per heavy atom. The van der Waals surface area contributed by atoms with E-state index in [0.29, 0.717) is 11.7 Å². The Kier molecular flexibility index (Phi) is 4.85. The van der Waals surface area contributed by atoms with Gasteiger partial charge in [-0.05, 0) is 31.5 Å². The molecule has 0 unspecified atom stereocenters. The van der Waals surface area contributed by atoms with E-state index in [-0.39, 0.29) is 6.10 Å². The summed E-state index contributed by atoms with van der Waals surface area (Å²) in [7, 11) is 0. The molecule has 1 fully saturated rings. The first kappa shape index (κ1) is 16.0. The van der Waals surface area contributed by atoms with Gasteiger partial charge in [-0.1, -0.05) is 41.7 Å². The van der Waals surface area contributed by atoms with Gasteiger partial charge in [0.25, 0.3) is 0 Å². The van der Waals surface area contributed by atoms with E-state index in [0.717, 1.165) is 41.5 Å². The molecule has 0 saturated carbocycles. The molecule has 0 aliphatic carbocycles. The molecule has 6 nitrogen and oxygen atoms in total. The molecule has 1 aliphatic rings. The van der Waals surface area contributed by atoms with Gasteiger partial charge in [0.2, 0.25) is 5.88 Å². The minimum atomic E-state index is 0.216. The number of ether oxygens (including phenoxy) is 1. The van der Waals surface area contributed by atoms with Gasteiger partial charge in [-0.15, -0.1) is 0 Å². The highest BCUT2D eigenvalue weighted by atomic mass is 32.1. The number of nitrogens with zero attached hydrogens (tertiary/aromatic N) is 3. The highest BCUT2D eigenvalue weighted by Gasteiger charge is 2.15. The van der Waals surface area contributed by atoms with Crippen molar-refractivity contribution in [2.45, 2.75) is 18.9 Å². The zero-order valence-corrected chi connectivity index (χ0v) is 14.5. The summed E-state index contributed by atoms with van der Waals surface area (Å²) in [6, 6.07) is 12.0. The molecule has 3 aromatic rings. The van der Waals surface area contributed by atoms with Gasteiger partial charge >= 0.3 is 0 Å². The molecule has 0 spiro atoms. The third-order valence-corrected chi connectivity index (χ3v) is 4.98. The topological polar surface area (TPSA) is 72.0 Å². The average Bonchev–Trinajstić information content (AvgIpc) is 3.12. The van der Waals surface area contributed by atoms with E-state index in [2.05, 4.69) is 37.7 Å². The summed E-state index contributed by atoms with van der Waals surface area (Å²) in [4.78, 5) is 14.0. The number of hydrogen-bond acceptors (Lipinski definition) is 7. The number of hydrogen-bond donors (Lipinski definition) is 2. The Balaban J connectivity index is 1.44. The van der Waals surface area contributed by atoms with Crippen LogP contribution in [0.15, 0.2) is 48.9 Å². The second-order valence-corrected chi connectivity index (χ2v) is 6.86. The lowest BCUT2D eigenvalue weighted by molar-refractivity contribution is 0.156. The van der Waals surface area contributed by atoms with Gasteiger partial charge in [0.15, 0.2) is 5.13 Å². The summed E-state index contributed by atoms with van der Waals surface area (Å²) < 4.78 is 5.96. The molecule has 3 heterocycles. The Labute approximate surface area is 150 Å². The van der Waals surface area contributed by atoms with Crippen molar-refractivity contribution in [1.29, 1.82) is 0 Å². The van der Waals surface area contributed by atoms with E-state index >= 15 is 0 Å². The third-order valence-electron chi connectivity index (χ3n) is 4.01. The van der Waals surface area contributed by atoms with E-state index < -0.39 is 0 Å². The van der Waals surface area contributed by atoms with Crippen LogP contribution in [0.1, 0.15) is 12.8 Å². The van der Waals surface area contributed by atoms with Crippen molar-refractivity contribution in [3.8, 4) is 16.3 Å². The molecule has 25 heavy (non-hydrogen) atoms. The van der Waals surface area contributed by atoms with Gasteiger partial charge < -0.3 is 15.4 Å². The van der Waals surface area contributed by atoms with Gasteiger partial charge in [0.1, 0.15) is 18.2 Å². The van der Waals surface area contributed by atoms with Crippen molar-refractivity contribution >= 4 is 22.3 Å². The van der Waals surface area contributed by atoms with Crippen molar-refractivity contribution in [1.82, 2.24) is 20.3 Å². The summed E-state index contributed by atoms with van der Waals surface area (Å²) in [6.07, 6.45) is 5.60. The quantitative estimate of drug-likeness (QED) is 0.732. The van der Waals surface area contributed by atoms with Gasteiger partial charge in [-0.2, -0.15) is 0 Å². The fourth-order valence-electron chi connectivity index (χ4n) is 2.73.